The van der Waals surface area contributed by atoms with E-state index in [0.29, 0.717) is 33.9 Å². The number of aromatic nitrogens is 5. The van der Waals surface area contributed by atoms with Gasteiger partial charge in [-0.25, -0.2) is 4.68 Å². The summed E-state index contributed by atoms with van der Waals surface area (Å²) < 4.78 is 22.2. The molecule has 154 valence electrons. The zero-order valence-corrected chi connectivity index (χ0v) is 17.7. The average Bonchev–Trinajstić information content (AvgIpc) is 3.39. The van der Waals surface area contributed by atoms with Crippen LogP contribution in [0.3, 0.4) is 0 Å². The van der Waals surface area contributed by atoms with Crippen molar-refractivity contribution in [1.82, 2.24) is 24.4 Å². The summed E-state index contributed by atoms with van der Waals surface area (Å²) in [6.07, 6.45) is 0. The minimum Gasteiger partial charge on any atom is -0.494 e. The maximum Gasteiger partial charge on any atom is 0.207 e. The number of benzene rings is 2. The summed E-state index contributed by atoms with van der Waals surface area (Å²) in [7, 11) is 4.82. The molecule has 0 atom stereocenters. The number of ether oxygens (including phenoxy) is 3. The van der Waals surface area contributed by atoms with Crippen LogP contribution in [-0.2, 0) is 0 Å². The molecule has 0 radical (unpaired) electrons. The van der Waals surface area contributed by atoms with Crippen molar-refractivity contribution in [2.45, 2.75) is 6.92 Å². The summed E-state index contributed by atoms with van der Waals surface area (Å²) >= 11 is 1.24. The summed E-state index contributed by atoms with van der Waals surface area (Å²) in [6.45, 7) is 1.92. The first-order valence-corrected chi connectivity index (χ1v) is 9.80. The molecule has 0 fully saturated rings. The van der Waals surface area contributed by atoms with Crippen LogP contribution in [0.1, 0.15) is 5.69 Å². The first-order valence-electron chi connectivity index (χ1n) is 9.03. The van der Waals surface area contributed by atoms with Crippen LogP contribution in [-0.4, -0.2) is 45.7 Å². The van der Waals surface area contributed by atoms with Gasteiger partial charge in [0, 0.05) is 23.3 Å². The Bertz CT molecular complexity index is 1170. The van der Waals surface area contributed by atoms with Gasteiger partial charge in [-0.15, -0.1) is 5.10 Å². The highest BCUT2D eigenvalue weighted by molar-refractivity contribution is 7.09. The first kappa shape index (κ1) is 19.6. The van der Waals surface area contributed by atoms with Gasteiger partial charge in [-0.3, -0.25) is 0 Å². The zero-order valence-electron chi connectivity index (χ0n) is 16.9. The predicted molar refractivity (Wildman–Crippen MR) is 114 cm³/mol. The first-order chi connectivity index (χ1) is 14.6. The molecule has 0 spiro atoms. The van der Waals surface area contributed by atoms with Crippen molar-refractivity contribution >= 4 is 22.4 Å². The van der Waals surface area contributed by atoms with Gasteiger partial charge in [0.05, 0.1) is 27.0 Å². The standard InChI is InChI=1S/C20H20N6O3S/c1-12-18(23-25-26(12)14-7-5-6-8-15(14)27-2)19-22-20(30-24-19)21-13-9-10-16(28-3)17(11-13)29-4/h5-11H,1-4H3,(H,21,22,24). The summed E-state index contributed by atoms with van der Waals surface area (Å²) in [5, 5.41) is 12.4. The van der Waals surface area contributed by atoms with Gasteiger partial charge in [-0.2, -0.15) is 9.36 Å². The molecule has 0 amide bonds. The van der Waals surface area contributed by atoms with Gasteiger partial charge in [0.2, 0.25) is 5.13 Å². The van der Waals surface area contributed by atoms with E-state index >= 15 is 0 Å². The molecule has 0 saturated heterocycles. The second kappa shape index (κ2) is 8.37. The topological polar surface area (TPSA) is 96.2 Å². The Morgan fingerprint density at radius 3 is 2.47 bits per heavy atom. The van der Waals surface area contributed by atoms with Crippen molar-refractivity contribution in [3.63, 3.8) is 0 Å². The molecule has 1 N–H and O–H groups in total. The lowest BCUT2D eigenvalue weighted by atomic mass is 10.2. The Morgan fingerprint density at radius 2 is 1.70 bits per heavy atom. The molecule has 4 rings (SSSR count). The van der Waals surface area contributed by atoms with E-state index < -0.39 is 0 Å². The van der Waals surface area contributed by atoms with E-state index in [4.69, 9.17) is 14.2 Å². The van der Waals surface area contributed by atoms with Gasteiger partial charge in [-0.1, -0.05) is 17.3 Å². The maximum absolute atomic E-state index is 5.43. The molecule has 0 aliphatic carbocycles. The number of anilines is 2. The van der Waals surface area contributed by atoms with E-state index in [1.54, 1.807) is 26.0 Å². The van der Waals surface area contributed by atoms with Crippen molar-refractivity contribution in [1.29, 1.82) is 0 Å². The molecule has 9 nitrogen and oxygen atoms in total. The lowest BCUT2D eigenvalue weighted by molar-refractivity contribution is 0.355. The predicted octanol–water partition coefficient (Wildman–Crippen LogP) is 3.86. The molecular weight excluding hydrogens is 404 g/mol. The minimum absolute atomic E-state index is 0.502. The van der Waals surface area contributed by atoms with E-state index in [1.807, 2.05) is 49.4 Å². The highest BCUT2D eigenvalue weighted by Gasteiger charge is 2.18. The van der Waals surface area contributed by atoms with E-state index in [0.717, 1.165) is 17.1 Å². The SMILES string of the molecule is COc1ccc(Nc2nc(-c3nnn(-c4ccccc4OC)c3C)ns2)cc1OC. The van der Waals surface area contributed by atoms with E-state index in [2.05, 4.69) is 25.0 Å². The quantitative estimate of drug-likeness (QED) is 0.478. The molecule has 30 heavy (non-hydrogen) atoms. The number of para-hydroxylation sites is 2. The Labute approximate surface area is 177 Å². The summed E-state index contributed by atoms with van der Waals surface area (Å²) in [5.74, 6) is 2.49. The Balaban J connectivity index is 1.60. The van der Waals surface area contributed by atoms with Crippen LogP contribution < -0.4 is 19.5 Å². The third-order valence-electron chi connectivity index (χ3n) is 4.48. The summed E-state index contributed by atoms with van der Waals surface area (Å²) in [6, 6.07) is 13.2. The molecule has 4 aromatic rings. The maximum atomic E-state index is 5.43. The fourth-order valence-electron chi connectivity index (χ4n) is 2.98. The second-order valence-electron chi connectivity index (χ2n) is 6.23. The van der Waals surface area contributed by atoms with E-state index in [9.17, 15) is 0 Å². The number of hydrogen-bond acceptors (Lipinski definition) is 9. The minimum atomic E-state index is 0.502. The van der Waals surface area contributed by atoms with Gasteiger partial charge in [0.25, 0.3) is 0 Å². The number of rotatable bonds is 7. The van der Waals surface area contributed by atoms with Crippen molar-refractivity contribution in [3.8, 4) is 34.5 Å². The number of nitrogens with zero attached hydrogens (tertiary/aromatic N) is 5. The van der Waals surface area contributed by atoms with Gasteiger partial charge in [-0.05, 0) is 31.2 Å². The van der Waals surface area contributed by atoms with Crippen LogP contribution in [0.5, 0.6) is 17.2 Å². The molecular formula is C20H20N6O3S. The monoisotopic (exact) mass is 424 g/mol. The fraction of sp³-hybridized carbons (Fsp3) is 0.200. The van der Waals surface area contributed by atoms with Gasteiger partial charge >= 0.3 is 0 Å². The van der Waals surface area contributed by atoms with Crippen LogP contribution in [0.4, 0.5) is 10.8 Å². The van der Waals surface area contributed by atoms with Crippen molar-refractivity contribution in [2.24, 2.45) is 0 Å². The van der Waals surface area contributed by atoms with Crippen LogP contribution in [0.25, 0.3) is 17.2 Å². The average molecular weight is 424 g/mol. The van der Waals surface area contributed by atoms with Crippen LogP contribution in [0, 0.1) is 6.92 Å². The zero-order chi connectivity index (χ0) is 21.1. The molecule has 0 aliphatic rings. The van der Waals surface area contributed by atoms with Crippen molar-refractivity contribution in [3.05, 3.63) is 48.2 Å². The third-order valence-corrected chi connectivity index (χ3v) is 5.11. The smallest absolute Gasteiger partial charge is 0.207 e. The highest BCUT2D eigenvalue weighted by atomic mass is 32.1. The molecule has 0 saturated carbocycles. The van der Waals surface area contributed by atoms with E-state index in [1.165, 1.54) is 11.5 Å². The largest absolute Gasteiger partial charge is 0.494 e. The molecule has 2 aromatic heterocycles. The molecule has 2 aromatic carbocycles. The molecule has 10 heteroatoms. The molecule has 0 unspecified atom stereocenters. The Kier molecular flexibility index (Phi) is 5.48. The lowest BCUT2D eigenvalue weighted by Gasteiger charge is -2.09. The van der Waals surface area contributed by atoms with Crippen LogP contribution in [0.2, 0.25) is 0 Å². The Hall–Kier alpha value is -3.66. The number of methoxy groups -OCH3 is 3. The summed E-state index contributed by atoms with van der Waals surface area (Å²) in [4.78, 5) is 4.56. The van der Waals surface area contributed by atoms with Crippen molar-refractivity contribution in [2.75, 3.05) is 26.6 Å². The van der Waals surface area contributed by atoms with Gasteiger partial charge in [0.15, 0.2) is 23.0 Å². The fourth-order valence-corrected chi connectivity index (χ4v) is 3.57. The number of hydrogen-bond donors (Lipinski definition) is 1. The van der Waals surface area contributed by atoms with Gasteiger partial charge in [0.1, 0.15) is 11.4 Å². The van der Waals surface area contributed by atoms with Gasteiger partial charge < -0.3 is 19.5 Å². The normalized spacial score (nSPS) is 10.7. The summed E-state index contributed by atoms with van der Waals surface area (Å²) in [5.41, 5.74) is 3.03. The van der Waals surface area contributed by atoms with Crippen LogP contribution >= 0.6 is 11.5 Å². The molecule has 0 aliphatic heterocycles. The Morgan fingerprint density at radius 1 is 0.933 bits per heavy atom. The molecule has 2 heterocycles. The third kappa shape index (κ3) is 3.64. The van der Waals surface area contributed by atoms with Crippen LogP contribution in [0.15, 0.2) is 42.5 Å². The lowest BCUT2D eigenvalue weighted by Crippen LogP contribution is -2.01. The van der Waals surface area contributed by atoms with Crippen molar-refractivity contribution < 1.29 is 14.2 Å². The number of nitrogens with one attached hydrogen (secondary N) is 1. The second-order valence-corrected chi connectivity index (χ2v) is 6.98. The van der Waals surface area contributed by atoms with E-state index in [-0.39, 0.29) is 0 Å². The molecule has 0 bridgehead atoms. The highest BCUT2D eigenvalue weighted by Crippen LogP contribution is 2.32.